The van der Waals surface area contributed by atoms with Gasteiger partial charge >= 0.3 is 6.03 Å². The number of hydrogen-bond donors (Lipinski definition) is 0. The van der Waals surface area contributed by atoms with Crippen molar-refractivity contribution < 1.29 is 4.79 Å². The van der Waals surface area contributed by atoms with Crippen molar-refractivity contribution >= 4 is 6.03 Å². The van der Waals surface area contributed by atoms with Gasteiger partial charge in [0.1, 0.15) is 5.69 Å². The molecule has 3 aromatic rings. The van der Waals surface area contributed by atoms with Crippen molar-refractivity contribution in [2.24, 2.45) is 0 Å². The van der Waals surface area contributed by atoms with Gasteiger partial charge in [-0.2, -0.15) is 4.68 Å². The number of aromatic nitrogens is 3. The third-order valence-corrected chi connectivity index (χ3v) is 4.75. The highest BCUT2D eigenvalue weighted by atomic mass is 16.2. The van der Waals surface area contributed by atoms with E-state index in [4.69, 9.17) is 0 Å². The van der Waals surface area contributed by atoms with Gasteiger partial charge in [0.05, 0.1) is 6.20 Å². The molecule has 1 amide bonds. The smallest absolute Gasteiger partial charge is 0.320 e. The molecule has 0 radical (unpaired) electrons. The van der Waals surface area contributed by atoms with E-state index in [9.17, 15) is 4.79 Å². The van der Waals surface area contributed by atoms with Crippen LogP contribution in [0, 0.1) is 6.92 Å². The predicted octanol–water partition coefficient (Wildman–Crippen LogP) is 3.93. The topological polar surface area (TPSA) is 51.0 Å². The van der Waals surface area contributed by atoms with Crippen LogP contribution >= 0.6 is 0 Å². The molecule has 5 nitrogen and oxygen atoms in total. The van der Waals surface area contributed by atoms with E-state index in [1.165, 1.54) is 15.8 Å². The minimum atomic E-state index is -0.0886. The van der Waals surface area contributed by atoms with E-state index in [2.05, 4.69) is 22.4 Å². The number of carbonyl (C=O) groups is 1. The number of amides is 1. The summed E-state index contributed by atoms with van der Waals surface area (Å²) < 4.78 is 1.37. The fraction of sp³-hybridized carbons (Fsp3) is 0.286. The Morgan fingerprint density at radius 1 is 1.12 bits per heavy atom. The van der Waals surface area contributed by atoms with Crippen LogP contribution in [0.2, 0.25) is 0 Å². The zero-order chi connectivity index (χ0) is 17.9. The molecule has 1 aliphatic carbocycles. The van der Waals surface area contributed by atoms with Gasteiger partial charge in [-0.05, 0) is 31.7 Å². The Morgan fingerprint density at radius 2 is 1.85 bits per heavy atom. The number of carbonyl (C=O) groups excluding carboxylic acids is 1. The number of rotatable bonds is 5. The number of hydrogen-bond acceptors (Lipinski definition) is 3. The molecular formula is C21H22N4O. The maximum Gasteiger partial charge on any atom is 0.346 e. The third-order valence-electron chi connectivity index (χ3n) is 4.75. The zero-order valence-corrected chi connectivity index (χ0v) is 14.9. The van der Waals surface area contributed by atoms with Crippen molar-refractivity contribution in [3.63, 3.8) is 0 Å². The largest absolute Gasteiger partial charge is 0.346 e. The second kappa shape index (κ2) is 7.12. The summed E-state index contributed by atoms with van der Waals surface area (Å²) in [5.41, 5.74) is 4.12. The van der Waals surface area contributed by atoms with Gasteiger partial charge in [-0.1, -0.05) is 65.4 Å². The maximum absolute atomic E-state index is 12.9. The van der Waals surface area contributed by atoms with E-state index < -0.39 is 0 Å². The summed E-state index contributed by atoms with van der Waals surface area (Å²) in [4.78, 5) is 14.9. The fourth-order valence-electron chi connectivity index (χ4n) is 3.06. The van der Waals surface area contributed by atoms with Gasteiger partial charge in [-0.15, -0.1) is 5.10 Å². The van der Waals surface area contributed by atoms with Gasteiger partial charge in [-0.3, -0.25) is 0 Å². The summed E-state index contributed by atoms with van der Waals surface area (Å²) in [7, 11) is 0. The first-order valence-electron chi connectivity index (χ1n) is 9.05. The minimum absolute atomic E-state index is 0.0886. The summed E-state index contributed by atoms with van der Waals surface area (Å²) >= 11 is 0. The molecule has 132 valence electrons. The lowest BCUT2D eigenvalue weighted by atomic mass is 10.1. The van der Waals surface area contributed by atoms with Crippen LogP contribution in [0.25, 0.3) is 11.3 Å². The third kappa shape index (κ3) is 3.67. The molecule has 4 rings (SSSR count). The highest BCUT2D eigenvalue weighted by molar-refractivity contribution is 5.77. The van der Waals surface area contributed by atoms with Gasteiger partial charge in [0.25, 0.3) is 0 Å². The average Bonchev–Trinajstić information content (AvgIpc) is 3.38. The average molecular weight is 346 g/mol. The lowest BCUT2D eigenvalue weighted by Gasteiger charge is -2.21. The van der Waals surface area contributed by atoms with Gasteiger partial charge in [-0.25, -0.2) is 4.79 Å². The van der Waals surface area contributed by atoms with Crippen molar-refractivity contribution in [1.82, 2.24) is 19.9 Å². The first-order chi connectivity index (χ1) is 12.7. The van der Waals surface area contributed by atoms with E-state index in [1.807, 2.05) is 54.3 Å². The highest BCUT2D eigenvalue weighted by Gasteiger charge is 2.33. The number of aryl methyl sites for hydroxylation is 1. The Balaban J connectivity index is 1.48. The number of benzene rings is 2. The molecule has 0 saturated heterocycles. The van der Waals surface area contributed by atoms with Gasteiger partial charge in [0.15, 0.2) is 0 Å². The Morgan fingerprint density at radius 3 is 2.54 bits per heavy atom. The van der Waals surface area contributed by atoms with Crippen LogP contribution in [0.4, 0.5) is 4.79 Å². The summed E-state index contributed by atoms with van der Waals surface area (Å²) in [5.74, 6) is 0. The Hall–Kier alpha value is -2.95. The minimum Gasteiger partial charge on any atom is -0.320 e. The van der Waals surface area contributed by atoms with E-state index in [1.54, 1.807) is 6.20 Å². The maximum atomic E-state index is 12.9. The Bertz CT molecular complexity index is 882. The molecule has 0 bridgehead atoms. The number of nitrogens with zero attached hydrogens (tertiary/aromatic N) is 4. The predicted molar refractivity (Wildman–Crippen MR) is 101 cm³/mol. The van der Waals surface area contributed by atoms with Crippen LogP contribution in [0.1, 0.15) is 24.0 Å². The van der Waals surface area contributed by atoms with E-state index in [0.29, 0.717) is 12.6 Å². The molecule has 0 unspecified atom stereocenters. The quantitative estimate of drug-likeness (QED) is 0.703. The van der Waals surface area contributed by atoms with Crippen LogP contribution in [0.3, 0.4) is 0 Å². The lowest BCUT2D eigenvalue weighted by molar-refractivity contribution is 0.193. The van der Waals surface area contributed by atoms with Crippen molar-refractivity contribution in [2.45, 2.75) is 32.2 Å². The fourth-order valence-corrected chi connectivity index (χ4v) is 3.06. The lowest BCUT2D eigenvalue weighted by Crippen LogP contribution is -2.38. The van der Waals surface area contributed by atoms with Crippen molar-refractivity contribution in [1.29, 1.82) is 0 Å². The van der Waals surface area contributed by atoms with Crippen LogP contribution in [0.15, 0.2) is 60.8 Å². The summed E-state index contributed by atoms with van der Waals surface area (Å²) in [6, 6.07) is 18.6. The molecule has 2 aromatic carbocycles. The first-order valence-corrected chi connectivity index (χ1v) is 9.05. The molecule has 1 fully saturated rings. The SMILES string of the molecule is Cc1ccc(-c2cn(C(=O)N(CCc3ccccc3)C3CC3)nn2)cc1. The molecule has 0 N–H and O–H groups in total. The van der Waals surface area contributed by atoms with Gasteiger partial charge in [0, 0.05) is 18.2 Å². The molecule has 0 aliphatic heterocycles. The molecule has 0 spiro atoms. The summed E-state index contributed by atoms with van der Waals surface area (Å²) in [6.07, 6.45) is 4.72. The highest BCUT2D eigenvalue weighted by Crippen LogP contribution is 2.28. The van der Waals surface area contributed by atoms with Crippen molar-refractivity contribution in [3.8, 4) is 11.3 Å². The molecule has 26 heavy (non-hydrogen) atoms. The molecule has 1 saturated carbocycles. The van der Waals surface area contributed by atoms with E-state index in [-0.39, 0.29) is 6.03 Å². The second-order valence-electron chi connectivity index (χ2n) is 6.86. The Kier molecular flexibility index (Phi) is 4.52. The van der Waals surface area contributed by atoms with Crippen molar-refractivity contribution in [2.75, 3.05) is 6.54 Å². The molecule has 5 heteroatoms. The van der Waals surface area contributed by atoms with Crippen LogP contribution in [0.5, 0.6) is 0 Å². The molecular weight excluding hydrogens is 324 g/mol. The molecule has 1 aliphatic rings. The standard InChI is InChI=1S/C21H22N4O/c1-16-7-9-18(10-8-16)20-15-25(23-22-20)21(26)24(19-11-12-19)14-13-17-5-3-2-4-6-17/h2-10,15,19H,11-14H2,1H3. The van der Waals surface area contributed by atoms with Crippen LogP contribution in [-0.4, -0.2) is 38.5 Å². The summed E-state index contributed by atoms with van der Waals surface area (Å²) in [5, 5.41) is 8.26. The molecule has 1 aromatic heterocycles. The normalized spacial score (nSPS) is 13.6. The van der Waals surface area contributed by atoms with Gasteiger partial charge < -0.3 is 4.90 Å². The van der Waals surface area contributed by atoms with E-state index in [0.717, 1.165) is 30.5 Å². The molecule has 1 heterocycles. The van der Waals surface area contributed by atoms with Crippen LogP contribution < -0.4 is 0 Å². The monoisotopic (exact) mass is 346 g/mol. The first kappa shape index (κ1) is 16.5. The second-order valence-corrected chi connectivity index (χ2v) is 6.86. The zero-order valence-electron chi connectivity index (χ0n) is 14.9. The van der Waals surface area contributed by atoms with Crippen LogP contribution in [-0.2, 0) is 6.42 Å². The molecule has 0 atom stereocenters. The Labute approximate surface area is 153 Å². The summed E-state index contributed by atoms with van der Waals surface area (Å²) in [6.45, 7) is 2.75. The van der Waals surface area contributed by atoms with Gasteiger partial charge in [0.2, 0.25) is 0 Å². The van der Waals surface area contributed by atoms with E-state index >= 15 is 0 Å². The van der Waals surface area contributed by atoms with Crippen molar-refractivity contribution in [3.05, 3.63) is 71.9 Å².